The number of nitrogens with one attached hydrogen (secondary N) is 1. The van der Waals surface area contributed by atoms with Gasteiger partial charge in [0.2, 0.25) is 5.91 Å². The maximum atomic E-state index is 13.4. The van der Waals surface area contributed by atoms with Crippen molar-refractivity contribution < 1.29 is 27.5 Å². The zero-order chi connectivity index (χ0) is 25.0. The number of urea groups is 1. The fraction of sp³-hybridized carbons (Fsp3) is 0.280. The van der Waals surface area contributed by atoms with E-state index < -0.39 is 6.36 Å². The maximum absolute atomic E-state index is 13.4. The van der Waals surface area contributed by atoms with Gasteiger partial charge in [0.25, 0.3) is 0 Å². The fourth-order valence-electron chi connectivity index (χ4n) is 3.96. The molecule has 0 bridgehead atoms. The van der Waals surface area contributed by atoms with Crippen LogP contribution in [0.1, 0.15) is 22.4 Å². The van der Waals surface area contributed by atoms with Crippen LogP contribution in [0.3, 0.4) is 0 Å². The third kappa shape index (κ3) is 6.54. The van der Waals surface area contributed by atoms with E-state index in [9.17, 15) is 22.8 Å². The molecule has 2 aromatic carbocycles. The number of rotatable bonds is 7. The van der Waals surface area contributed by atoms with Crippen molar-refractivity contribution in [3.63, 3.8) is 0 Å². The highest BCUT2D eigenvalue weighted by Crippen LogP contribution is 2.31. The Morgan fingerprint density at radius 2 is 1.94 bits per heavy atom. The van der Waals surface area contributed by atoms with E-state index in [1.165, 1.54) is 29.5 Å². The zero-order valence-corrected chi connectivity index (χ0v) is 19.8. The van der Waals surface area contributed by atoms with Crippen LogP contribution in [-0.4, -0.2) is 36.3 Å². The van der Waals surface area contributed by atoms with Crippen molar-refractivity contribution in [3.8, 4) is 5.75 Å². The van der Waals surface area contributed by atoms with Gasteiger partial charge in [0.05, 0.1) is 17.8 Å². The summed E-state index contributed by atoms with van der Waals surface area (Å²) in [5.41, 5.74) is 2.58. The third-order valence-corrected chi connectivity index (χ3v) is 6.32. The van der Waals surface area contributed by atoms with E-state index >= 15 is 0 Å². The minimum atomic E-state index is -4.79. The van der Waals surface area contributed by atoms with Crippen LogP contribution >= 0.6 is 11.3 Å². The van der Waals surface area contributed by atoms with Crippen molar-refractivity contribution >= 4 is 34.6 Å². The lowest BCUT2D eigenvalue weighted by Gasteiger charge is -2.36. The SMILES string of the molecule is Cc1ccc(N2CCCN(Cc3cccc(OC(F)(F)F)c3)C2=O)c(NC(=O)Cc2cccs2)c1. The molecule has 184 valence electrons. The molecule has 0 spiro atoms. The van der Waals surface area contributed by atoms with Crippen molar-refractivity contribution in [1.82, 2.24) is 4.90 Å². The number of anilines is 2. The van der Waals surface area contributed by atoms with Crippen LogP contribution in [0, 0.1) is 6.92 Å². The number of ether oxygens (including phenoxy) is 1. The van der Waals surface area contributed by atoms with Gasteiger partial charge < -0.3 is 15.0 Å². The summed E-state index contributed by atoms with van der Waals surface area (Å²) in [6.45, 7) is 2.96. The smallest absolute Gasteiger partial charge is 0.406 e. The van der Waals surface area contributed by atoms with Gasteiger partial charge in [0.15, 0.2) is 0 Å². The molecular formula is C25H24F3N3O3S. The van der Waals surface area contributed by atoms with E-state index in [-0.39, 0.29) is 30.7 Å². The Labute approximate surface area is 204 Å². The minimum absolute atomic E-state index is 0.135. The predicted octanol–water partition coefficient (Wildman–Crippen LogP) is 5.97. The van der Waals surface area contributed by atoms with Gasteiger partial charge in [0.1, 0.15) is 5.75 Å². The van der Waals surface area contributed by atoms with E-state index in [1.54, 1.807) is 21.9 Å². The van der Waals surface area contributed by atoms with Crippen LogP contribution in [0.15, 0.2) is 60.0 Å². The Morgan fingerprint density at radius 1 is 1.11 bits per heavy atom. The molecule has 0 aliphatic carbocycles. The largest absolute Gasteiger partial charge is 0.573 e. The summed E-state index contributed by atoms with van der Waals surface area (Å²) in [6.07, 6.45) is -3.88. The van der Waals surface area contributed by atoms with Crippen molar-refractivity contribution in [2.24, 2.45) is 0 Å². The lowest BCUT2D eigenvalue weighted by molar-refractivity contribution is -0.274. The molecule has 1 N–H and O–H groups in total. The zero-order valence-electron chi connectivity index (χ0n) is 19.0. The van der Waals surface area contributed by atoms with Gasteiger partial charge in [-0.1, -0.05) is 24.3 Å². The number of nitrogens with zero attached hydrogens (tertiary/aromatic N) is 2. The summed E-state index contributed by atoms with van der Waals surface area (Å²) in [5, 5.41) is 4.84. The Morgan fingerprint density at radius 3 is 2.69 bits per heavy atom. The van der Waals surface area contributed by atoms with Crippen molar-refractivity contribution in [1.29, 1.82) is 0 Å². The Kier molecular flexibility index (Phi) is 7.30. The predicted molar refractivity (Wildman–Crippen MR) is 129 cm³/mol. The quantitative estimate of drug-likeness (QED) is 0.432. The number of carbonyl (C=O) groups is 2. The standard InChI is InChI=1S/C25H24F3N3O3S/c1-17-8-9-22(21(13-17)29-23(32)15-20-7-3-12-35-20)31-11-4-10-30(24(31)33)16-18-5-2-6-19(14-18)34-25(26,27)28/h2-3,5-9,12-14H,4,10-11,15-16H2,1H3,(H,29,32). The molecular weight excluding hydrogens is 479 g/mol. The number of carbonyl (C=O) groups excluding carboxylic acids is 2. The van der Waals surface area contributed by atoms with Crippen molar-refractivity contribution in [2.45, 2.75) is 32.7 Å². The molecule has 3 amide bonds. The number of amides is 3. The van der Waals surface area contributed by atoms with Crippen LogP contribution in [0.4, 0.5) is 29.3 Å². The van der Waals surface area contributed by atoms with Gasteiger partial charge in [-0.2, -0.15) is 0 Å². The Balaban J connectivity index is 1.50. The molecule has 1 saturated heterocycles. The number of alkyl halides is 3. The van der Waals surface area contributed by atoms with Crippen LogP contribution in [-0.2, 0) is 17.8 Å². The van der Waals surface area contributed by atoms with E-state index in [2.05, 4.69) is 10.1 Å². The van der Waals surface area contributed by atoms with Gasteiger partial charge >= 0.3 is 12.4 Å². The number of halogens is 3. The van der Waals surface area contributed by atoms with Crippen molar-refractivity contribution in [3.05, 3.63) is 76.0 Å². The summed E-state index contributed by atoms with van der Waals surface area (Å²) < 4.78 is 41.7. The fourth-order valence-corrected chi connectivity index (χ4v) is 4.67. The summed E-state index contributed by atoms with van der Waals surface area (Å²) in [4.78, 5) is 30.1. The van der Waals surface area contributed by atoms with Gasteiger partial charge in [0, 0.05) is 24.5 Å². The molecule has 1 fully saturated rings. The third-order valence-electron chi connectivity index (χ3n) is 5.45. The van der Waals surface area contributed by atoms with Gasteiger partial charge in [-0.25, -0.2) is 4.79 Å². The van der Waals surface area contributed by atoms with Crippen LogP contribution in [0.2, 0.25) is 0 Å². The molecule has 2 heterocycles. The monoisotopic (exact) mass is 503 g/mol. The Bertz CT molecular complexity index is 1200. The molecule has 1 aliphatic rings. The first-order valence-electron chi connectivity index (χ1n) is 11.0. The van der Waals surface area contributed by atoms with Crippen LogP contribution in [0.5, 0.6) is 5.75 Å². The molecule has 0 atom stereocenters. The molecule has 10 heteroatoms. The molecule has 35 heavy (non-hydrogen) atoms. The first-order valence-corrected chi connectivity index (χ1v) is 11.9. The number of hydrogen-bond donors (Lipinski definition) is 1. The second-order valence-corrected chi connectivity index (χ2v) is 9.26. The second kappa shape index (κ2) is 10.4. The summed E-state index contributed by atoms with van der Waals surface area (Å²) >= 11 is 1.50. The van der Waals surface area contributed by atoms with E-state index in [1.807, 2.05) is 36.6 Å². The van der Waals surface area contributed by atoms with Gasteiger partial charge in [-0.15, -0.1) is 24.5 Å². The molecule has 4 rings (SSSR count). The summed E-state index contributed by atoms with van der Waals surface area (Å²) in [5.74, 6) is -0.507. The molecule has 0 radical (unpaired) electrons. The molecule has 1 aromatic heterocycles. The highest BCUT2D eigenvalue weighted by atomic mass is 32.1. The first kappa shape index (κ1) is 24.6. The molecule has 0 unspecified atom stereocenters. The average molecular weight is 504 g/mol. The lowest BCUT2D eigenvalue weighted by Crippen LogP contribution is -2.49. The normalized spacial score (nSPS) is 14.2. The van der Waals surface area contributed by atoms with Crippen LogP contribution in [0.25, 0.3) is 0 Å². The van der Waals surface area contributed by atoms with E-state index in [4.69, 9.17) is 0 Å². The molecule has 6 nitrogen and oxygen atoms in total. The lowest BCUT2D eigenvalue weighted by atomic mass is 10.1. The minimum Gasteiger partial charge on any atom is -0.406 e. The molecule has 0 saturated carbocycles. The molecule has 3 aromatic rings. The second-order valence-electron chi connectivity index (χ2n) is 8.23. The number of thiophene rings is 1. The summed E-state index contributed by atoms with van der Waals surface area (Å²) in [6, 6.07) is 14.6. The van der Waals surface area contributed by atoms with Crippen molar-refractivity contribution in [2.75, 3.05) is 23.3 Å². The van der Waals surface area contributed by atoms with E-state index in [0.29, 0.717) is 36.4 Å². The highest BCUT2D eigenvalue weighted by Gasteiger charge is 2.32. The molecule has 1 aliphatic heterocycles. The highest BCUT2D eigenvalue weighted by molar-refractivity contribution is 7.10. The topological polar surface area (TPSA) is 61.9 Å². The average Bonchev–Trinajstić information content (AvgIpc) is 3.28. The number of benzene rings is 2. The summed E-state index contributed by atoms with van der Waals surface area (Å²) in [7, 11) is 0. The van der Waals surface area contributed by atoms with Gasteiger partial charge in [-0.05, 0) is 60.2 Å². The van der Waals surface area contributed by atoms with Gasteiger partial charge in [-0.3, -0.25) is 9.69 Å². The number of hydrogen-bond acceptors (Lipinski definition) is 4. The number of aryl methyl sites for hydroxylation is 1. The Hall–Kier alpha value is -3.53. The maximum Gasteiger partial charge on any atom is 0.573 e. The van der Waals surface area contributed by atoms with Crippen LogP contribution < -0.4 is 15.0 Å². The first-order chi connectivity index (χ1) is 16.7. The van der Waals surface area contributed by atoms with E-state index in [0.717, 1.165) is 10.4 Å².